The molecular weight excluding hydrogens is 762 g/mol. The van der Waals surface area contributed by atoms with Crippen LogP contribution in [-0.4, -0.2) is 133 Å². The van der Waals surface area contributed by atoms with Crippen LogP contribution < -0.4 is 38.1 Å². The van der Waals surface area contributed by atoms with Gasteiger partial charge in [0, 0.05) is 61.7 Å². The van der Waals surface area contributed by atoms with Gasteiger partial charge in [-0.05, 0) is 30.9 Å². The molecule has 0 bridgehead atoms. The van der Waals surface area contributed by atoms with Gasteiger partial charge in [-0.15, -0.1) is 0 Å². The molecule has 3 aromatic rings. The molecule has 2 aromatic heterocycles. The molecule has 1 aliphatic rings. The Bertz CT molecular complexity index is 2000. The van der Waals surface area contributed by atoms with Crippen molar-refractivity contribution in [3.63, 3.8) is 0 Å². The van der Waals surface area contributed by atoms with Gasteiger partial charge in [0.25, 0.3) is 0 Å². The number of hydrogen-bond acceptors (Lipinski definition) is 11. The predicted molar refractivity (Wildman–Crippen MR) is 201 cm³/mol. The van der Waals surface area contributed by atoms with Gasteiger partial charge >= 0.3 is 5.97 Å². The molecule has 1 aromatic carbocycles. The predicted octanol–water partition coefficient (Wildman–Crippen LogP) is -3.67. The number of carboxylic acid groups (broad SMARTS) is 1. The average Bonchev–Trinajstić information content (AvgIpc) is 3.96. The van der Waals surface area contributed by atoms with Crippen LogP contribution in [0.2, 0.25) is 0 Å². The summed E-state index contributed by atoms with van der Waals surface area (Å²) >= 11 is 0. The lowest BCUT2D eigenvalue weighted by atomic mass is 10.0. The standard InChI is InChI=1S/C36H47N11O11/c1-18(49)42-24(12-20-15-39-17-41-20)33(55)43-23(8-9-30(51)52)32(54)44-25(13-29(37)50)34(56)45-26(11-19-14-40-22-6-3-2-5-21(19)22)36(58)47-10-4-7-28(47)35(57)46-27(16-48)31(38)53/h2-3,5-6,14-15,17,23-28,40,48H,4,7-13,16H2,1H3,(H2,37,50)(H2,38,53)(H,39,41)(H,42,49)(H,43,55)(H,44,54)(H,45,56)(H,46,57)(H,51,52)/t23-,24-,25-,26-,27-,28-/m0/s1. The normalized spacial score (nSPS) is 16.2. The minimum Gasteiger partial charge on any atom is -0.481 e. The number of aromatic nitrogens is 3. The van der Waals surface area contributed by atoms with E-state index in [9.17, 15) is 53.4 Å². The van der Waals surface area contributed by atoms with Crippen LogP contribution in [0.1, 0.15) is 50.3 Å². The van der Waals surface area contributed by atoms with Gasteiger partial charge in [0.15, 0.2) is 0 Å². The van der Waals surface area contributed by atoms with E-state index in [1.165, 1.54) is 24.3 Å². The summed E-state index contributed by atoms with van der Waals surface area (Å²) < 4.78 is 0. The maximum Gasteiger partial charge on any atom is 0.303 e. The van der Waals surface area contributed by atoms with Crippen molar-refractivity contribution in [1.29, 1.82) is 0 Å². The highest BCUT2D eigenvalue weighted by Gasteiger charge is 2.40. The molecule has 312 valence electrons. The number of imidazole rings is 1. The molecule has 22 heteroatoms. The fourth-order valence-electron chi connectivity index (χ4n) is 6.53. The summed E-state index contributed by atoms with van der Waals surface area (Å²) in [6.45, 7) is 0.459. The number of carbonyl (C=O) groups is 9. The molecule has 8 amide bonds. The summed E-state index contributed by atoms with van der Waals surface area (Å²) in [5.41, 5.74) is 12.5. The number of aliphatic carboxylic acids is 1. The number of likely N-dealkylation sites (tertiary alicyclic amines) is 1. The molecule has 4 rings (SSSR count). The smallest absolute Gasteiger partial charge is 0.303 e. The van der Waals surface area contributed by atoms with Gasteiger partial charge in [-0.3, -0.25) is 43.2 Å². The van der Waals surface area contributed by atoms with Crippen molar-refractivity contribution < 1.29 is 53.4 Å². The van der Waals surface area contributed by atoms with Crippen molar-refractivity contribution in [2.75, 3.05) is 13.2 Å². The average molecular weight is 810 g/mol. The van der Waals surface area contributed by atoms with Crippen LogP contribution in [0, 0.1) is 0 Å². The number of rotatable bonds is 21. The maximum atomic E-state index is 14.3. The van der Waals surface area contributed by atoms with Crippen LogP contribution in [0.3, 0.4) is 0 Å². The van der Waals surface area contributed by atoms with Gasteiger partial charge in [0.2, 0.25) is 47.3 Å². The number of primary amides is 2. The number of aliphatic hydroxyl groups is 1. The van der Waals surface area contributed by atoms with E-state index in [2.05, 4.69) is 41.5 Å². The van der Waals surface area contributed by atoms with Crippen LogP contribution in [0.25, 0.3) is 10.9 Å². The lowest BCUT2D eigenvalue weighted by Crippen LogP contribution is -2.60. The molecule has 1 saturated heterocycles. The van der Waals surface area contributed by atoms with Crippen LogP contribution in [-0.2, 0) is 56.0 Å². The Labute approximate surface area is 330 Å². The number of nitrogens with two attached hydrogens (primary N) is 2. The zero-order valence-electron chi connectivity index (χ0n) is 31.5. The van der Waals surface area contributed by atoms with E-state index < -0.39 is 115 Å². The first-order valence-corrected chi connectivity index (χ1v) is 18.3. The summed E-state index contributed by atoms with van der Waals surface area (Å²) in [6, 6.07) is -1.40. The Kier molecular flexibility index (Phi) is 15.4. The zero-order chi connectivity index (χ0) is 42.5. The summed E-state index contributed by atoms with van der Waals surface area (Å²) in [5.74, 6) is -8.44. The number of nitrogens with zero attached hydrogens (tertiary/aromatic N) is 2. The molecule has 0 unspecified atom stereocenters. The van der Waals surface area contributed by atoms with Gasteiger partial charge in [-0.1, -0.05) is 18.2 Å². The van der Waals surface area contributed by atoms with Gasteiger partial charge in [-0.25, -0.2) is 4.98 Å². The molecule has 22 nitrogen and oxygen atoms in total. The number of fused-ring (bicyclic) bond motifs is 1. The van der Waals surface area contributed by atoms with Crippen LogP contribution >= 0.6 is 0 Å². The first-order chi connectivity index (χ1) is 27.6. The Hall–Kier alpha value is -6.84. The molecule has 13 N–H and O–H groups in total. The Morgan fingerprint density at radius 3 is 2.17 bits per heavy atom. The second-order valence-corrected chi connectivity index (χ2v) is 13.7. The van der Waals surface area contributed by atoms with E-state index in [4.69, 9.17) is 11.5 Å². The lowest BCUT2D eigenvalue weighted by Gasteiger charge is -2.30. The quantitative estimate of drug-likeness (QED) is 0.0496. The van der Waals surface area contributed by atoms with Crippen LogP contribution in [0.15, 0.2) is 43.0 Å². The lowest BCUT2D eigenvalue weighted by molar-refractivity contribution is -0.142. The maximum absolute atomic E-state index is 14.3. The van der Waals surface area contributed by atoms with Gasteiger partial charge < -0.3 is 63.1 Å². The molecule has 3 heterocycles. The first kappa shape index (κ1) is 43.9. The second-order valence-electron chi connectivity index (χ2n) is 13.7. The number of nitrogens with one attached hydrogen (secondary N) is 7. The highest BCUT2D eigenvalue weighted by molar-refractivity contribution is 5.99. The fourth-order valence-corrected chi connectivity index (χ4v) is 6.53. The third-order valence-corrected chi connectivity index (χ3v) is 9.39. The summed E-state index contributed by atoms with van der Waals surface area (Å²) in [4.78, 5) is 127. The number of para-hydroxylation sites is 1. The van der Waals surface area contributed by atoms with Crippen LogP contribution in [0.5, 0.6) is 0 Å². The van der Waals surface area contributed by atoms with Gasteiger partial charge in [-0.2, -0.15) is 0 Å². The largest absolute Gasteiger partial charge is 0.481 e. The molecule has 0 saturated carbocycles. The van der Waals surface area contributed by atoms with Crippen molar-refractivity contribution in [1.82, 2.24) is 46.4 Å². The van der Waals surface area contributed by atoms with Crippen molar-refractivity contribution >= 4 is 64.1 Å². The molecule has 0 spiro atoms. The van der Waals surface area contributed by atoms with E-state index in [0.29, 0.717) is 28.6 Å². The Morgan fingerprint density at radius 1 is 0.862 bits per heavy atom. The molecule has 58 heavy (non-hydrogen) atoms. The highest BCUT2D eigenvalue weighted by Crippen LogP contribution is 2.23. The minimum absolute atomic E-state index is 0.0732. The topological polar surface area (TPSA) is 354 Å². The van der Waals surface area contributed by atoms with Crippen LogP contribution in [0.4, 0.5) is 0 Å². The van der Waals surface area contributed by atoms with E-state index in [1.807, 2.05) is 0 Å². The van der Waals surface area contributed by atoms with Crippen molar-refractivity contribution in [2.45, 2.75) is 88.1 Å². The van der Waals surface area contributed by atoms with E-state index >= 15 is 0 Å². The number of hydrogen-bond donors (Lipinski definition) is 11. The van der Waals surface area contributed by atoms with E-state index in [1.54, 1.807) is 30.5 Å². The van der Waals surface area contributed by atoms with Crippen molar-refractivity contribution in [2.24, 2.45) is 11.5 Å². The summed E-state index contributed by atoms with van der Waals surface area (Å²) in [6.07, 6.45) is 2.84. The fraction of sp³-hybridized carbons (Fsp3) is 0.444. The molecule has 1 aliphatic heterocycles. The number of aliphatic hydroxyl groups excluding tert-OH is 1. The number of aromatic amines is 2. The van der Waals surface area contributed by atoms with Gasteiger partial charge in [0.05, 0.1) is 19.4 Å². The van der Waals surface area contributed by atoms with Crippen molar-refractivity contribution in [3.05, 3.63) is 54.2 Å². The third-order valence-electron chi connectivity index (χ3n) is 9.39. The van der Waals surface area contributed by atoms with Crippen molar-refractivity contribution in [3.8, 4) is 0 Å². The first-order valence-electron chi connectivity index (χ1n) is 18.3. The second kappa shape index (κ2) is 20.4. The number of benzene rings is 1. The van der Waals surface area contributed by atoms with E-state index in [-0.39, 0.29) is 25.8 Å². The monoisotopic (exact) mass is 809 g/mol. The number of amides is 8. The molecule has 0 radical (unpaired) electrons. The molecule has 1 fully saturated rings. The molecule has 0 aliphatic carbocycles. The van der Waals surface area contributed by atoms with E-state index in [0.717, 1.165) is 0 Å². The van der Waals surface area contributed by atoms with Gasteiger partial charge in [0.1, 0.15) is 36.3 Å². The summed E-state index contributed by atoms with van der Waals surface area (Å²) in [7, 11) is 0. The number of carboxylic acids is 1. The SMILES string of the molecule is CC(=O)N[C@@H](Cc1cnc[nH]1)C(=O)N[C@@H](CCC(=O)O)C(=O)N[C@@H](CC(N)=O)C(=O)N[C@@H](Cc1c[nH]c2ccccc12)C(=O)N1CCC[C@H]1C(=O)N[C@@H](CO)C(N)=O. The third kappa shape index (κ3) is 12.1. The Morgan fingerprint density at radius 2 is 1.53 bits per heavy atom. The molecular formula is C36H47N11O11. The zero-order valence-corrected chi connectivity index (χ0v) is 31.5. The number of H-pyrrole nitrogens is 2. The minimum atomic E-state index is -1.75. The summed E-state index contributed by atoms with van der Waals surface area (Å²) in [5, 5.41) is 31.7. The number of carbonyl (C=O) groups excluding carboxylic acids is 8. The Balaban J connectivity index is 1.60. The highest BCUT2D eigenvalue weighted by atomic mass is 16.4. The molecule has 6 atom stereocenters.